The molecule has 0 spiro atoms. The first-order valence-electron chi connectivity index (χ1n) is 11.0. The summed E-state index contributed by atoms with van der Waals surface area (Å²) >= 11 is 0. The lowest BCUT2D eigenvalue weighted by Crippen LogP contribution is -2.51. The van der Waals surface area contributed by atoms with Gasteiger partial charge in [0.1, 0.15) is 0 Å². The molecule has 0 radical (unpaired) electrons. The van der Waals surface area contributed by atoms with Crippen LogP contribution in [0.3, 0.4) is 0 Å². The van der Waals surface area contributed by atoms with Gasteiger partial charge >= 0.3 is 5.97 Å². The number of ether oxygens (including phenoxy) is 1. The third kappa shape index (κ3) is 5.23. The van der Waals surface area contributed by atoms with Gasteiger partial charge in [0, 0.05) is 49.0 Å². The van der Waals surface area contributed by atoms with Gasteiger partial charge < -0.3 is 19.9 Å². The van der Waals surface area contributed by atoms with Gasteiger partial charge in [0.25, 0.3) is 5.91 Å². The molecule has 0 saturated carbocycles. The Bertz CT molecular complexity index is 1160. The van der Waals surface area contributed by atoms with E-state index in [2.05, 4.69) is 10.3 Å². The topological polar surface area (TPSA) is 94.7 Å². The number of para-hydroxylation sites is 2. The second-order valence-corrected chi connectivity index (χ2v) is 8.30. The number of H-pyrrole nitrogens is 1. The van der Waals surface area contributed by atoms with Gasteiger partial charge in [0.05, 0.1) is 12.1 Å². The molecule has 33 heavy (non-hydrogen) atoms. The molecule has 1 aliphatic heterocycles. The van der Waals surface area contributed by atoms with Gasteiger partial charge in [-0.3, -0.25) is 14.5 Å². The molecule has 1 aromatic heterocycles. The predicted molar refractivity (Wildman–Crippen MR) is 126 cm³/mol. The first-order chi connectivity index (χ1) is 15.9. The molecule has 1 saturated heterocycles. The van der Waals surface area contributed by atoms with E-state index >= 15 is 0 Å². The molecular weight excluding hydrogens is 420 g/mol. The van der Waals surface area contributed by atoms with Crippen LogP contribution < -0.4 is 5.32 Å². The maximum Gasteiger partial charge on any atom is 0.340 e. The fraction of sp³-hybridized carbons (Fsp3) is 0.320. The minimum absolute atomic E-state index is 0.0696. The molecule has 1 aliphatic rings. The van der Waals surface area contributed by atoms with Crippen molar-refractivity contribution in [2.45, 2.75) is 13.8 Å². The summed E-state index contributed by atoms with van der Waals surface area (Å²) in [5, 5.41) is 3.76. The lowest BCUT2D eigenvalue weighted by atomic mass is 10.1. The Morgan fingerprint density at radius 1 is 0.970 bits per heavy atom. The van der Waals surface area contributed by atoms with E-state index in [-0.39, 0.29) is 25.0 Å². The van der Waals surface area contributed by atoms with Gasteiger partial charge in [-0.2, -0.15) is 0 Å². The summed E-state index contributed by atoms with van der Waals surface area (Å²) in [5.41, 5.74) is 4.17. The van der Waals surface area contributed by atoms with E-state index in [1.807, 2.05) is 61.2 Å². The van der Waals surface area contributed by atoms with E-state index in [1.54, 1.807) is 11.1 Å². The zero-order chi connectivity index (χ0) is 23.4. The molecule has 1 fully saturated rings. The summed E-state index contributed by atoms with van der Waals surface area (Å²) in [6, 6.07) is 13.3. The Labute approximate surface area is 192 Å². The third-order valence-corrected chi connectivity index (χ3v) is 5.97. The number of carbonyl (C=O) groups is 3. The standard InChI is InChI=1S/C25H28N4O4/c1-17-6-5-7-18(2)24(17)27-22(30)15-28-10-12-29(13-11-28)23(31)16-33-25(32)20-14-26-21-9-4-3-8-19(20)21/h3-9,14,26H,10-13,15-16H2,1-2H3,(H,27,30). The Morgan fingerprint density at radius 2 is 1.67 bits per heavy atom. The molecule has 4 rings (SSSR count). The smallest absolute Gasteiger partial charge is 0.340 e. The van der Waals surface area contributed by atoms with E-state index in [0.717, 1.165) is 27.7 Å². The first kappa shape index (κ1) is 22.5. The number of aryl methyl sites for hydroxylation is 2. The molecule has 8 nitrogen and oxygen atoms in total. The zero-order valence-electron chi connectivity index (χ0n) is 18.9. The Kier molecular flexibility index (Phi) is 6.74. The van der Waals surface area contributed by atoms with Crippen LogP contribution in [-0.2, 0) is 14.3 Å². The second kappa shape index (κ2) is 9.87. The van der Waals surface area contributed by atoms with Gasteiger partial charge in [-0.15, -0.1) is 0 Å². The summed E-state index contributed by atoms with van der Waals surface area (Å²) in [7, 11) is 0. The molecule has 2 heterocycles. The monoisotopic (exact) mass is 448 g/mol. The van der Waals surface area contributed by atoms with Crippen molar-refractivity contribution in [3.8, 4) is 0 Å². The largest absolute Gasteiger partial charge is 0.452 e. The van der Waals surface area contributed by atoms with Crippen LogP contribution in [0.5, 0.6) is 0 Å². The number of piperazine rings is 1. The molecule has 0 unspecified atom stereocenters. The average molecular weight is 449 g/mol. The normalized spacial score (nSPS) is 14.3. The van der Waals surface area contributed by atoms with Crippen molar-refractivity contribution >= 4 is 34.4 Å². The third-order valence-electron chi connectivity index (χ3n) is 5.97. The summed E-state index contributed by atoms with van der Waals surface area (Å²) in [5.74, 6) is -0.828. The van der Waals surface area contributed by atoms with Crippen LogP contribution in [0.15, 0.2) is 48.7 Å². The van der Waals surface area contributed by atoms with E-state index in [1.165, 1.54) is 0 Å². The highest BCUT2D eigenvalue weighted by Crippen LogP contribution is 2.20. The Morgan fingerprint density at radius 3 is 2.39 bits per heavy atom. The fourth-order valence-electron chi connectivity index (χ4n) is 4.09. The minimum Gasteiger partial charge on any atom is -0.452 e. The molecule has 0 bridgehead atoms. The van der Waals surface area contributed by atoms with Gasteiger partial charge in [0.15, 0.2) is 6.61 Å². The highest BCUT2D eigenvalue weighted by atomic mass is 16.5. The molecule has 2 N–H and O–H groups in total. The van der Waals surface area contributed by atoms with Crippen LogP contribution in [-0.4, -0.2) is 71.9 Å². The van der Waals surface area contributed by atoms with E-state index in [9.17, 15) is 14.4 Å². The van der Waals surface area contributed by atoms with Crippen molar-refractivity contribution in [3.05, 3.63) is 65.4 Å². The zero-order valence-corrected chi connectivity index (χ0v) is 18.9. The second-order valence-electron chi connectivity index (χ2n) is 8.30. The number of anilines is 1. The number of amides is 2. The van der Waals surface area contributed by atoms with Crippen LogP contribution in [0, 0.1) is 13.8 Å². The number of aromatic nitrogens is 1. The number of esters is 1. The average Bonchev–Trinajstić information content (AvgIpc) is 3.24. The fourth-order valence-corrected chi connectivity index (χ4v) is 4.09. The van der Waals surface area contributed by atoms with E-state index < -0.39 is 5.97 Å². The molecule has 172 valence electrons. The van der Waals surface area contributed by atoms with E-state index in [0.29, 0.717) is 31.7 Å². The predicted octanol–water partition coefficient (Wildman–Crippen LogP) is 2.72. The Hall–Kier alpha value is -3.65. The first-order valence-corrected chi connectivity index (χ1v) is 11.0. The Balaban J connectivity index is 1.23. The van der Waals surface area contributed by atoms with Gasteiger partial charge in [-0.25, -0.2) is 4.79 Å². The number of carbonyl (C=O) groups excluding carboxylic acids is 3. The quantitative estimate of drug-likeness (QED) is 0.566. The summed E-state index contributed by atoms with van der Waals surface area (Å²) in [4.78, 5) is 44.1. The molecule has 3 aromatic rings. The molecule has 0 atom stereocenters. The number of fused-ring (bicyclic) bond motifs is 1. The van der Waals surface area contributed by atoms with Crippen LogP contribution >= 0.6 is 0 Å². The van der Waals surface area contributed by atoms with Crippen molar-refractivity contribution in [1.82, 2.24) is 14.8 Å². The number of rotatable bonds is 6. The van der Waals surface area contributed by atoms with Crippen molar-refractivity contribution in [2.75, 3.05) is 44.6 Å². The van der Waals surface area contributed by atoms with Crippen LogP contribution in [0.4, 0.5) is 5.69 Å². The van der Waals surface area contributed by atoms with Crippen molar-refractivity contribution < 1.29 is 19.1 Å². The lowest BCUT2D eigenvalue weighted by Gasteiger charge is -2.34. The van der Waals surface area contributed by atoms with Crippen LogP contribution in [0.2, 0.25) is 0 Å². The summed E-state index contributed by atoms with van der Waals surface area (Å²) in [6.07, 6.45) is 1.60. The lowest BCUT2D eigenvalue weighted by molar-refractivity contribution is -0.136. The number of nitrogens with zero attached hydrogens (tertiary/aromatic N) is 2. The highest BCUT2D eigenvalue weighted by Gasteiger charge is 2.24. The SMILES string of the molecule is Cc1cccc(C)c1NC(=O)CN1CCN(C(=O)COC(=O)c2c[nH]c3ccccc23)CC1. The van der Waals surface area contributed by atoms with Crippen molar-refractivity contribution in [3.63, 3.8) is 0 Å². The minimum atomic E-state index is -0.525. The van der Waals surface area contributed by atoms with Crippen molar-refractivity contribution in [2.24, 2.45) is 0 Å². The summed E-state index contributed by atoms with van der Waals surface area (Å²) in [6.45, 7) is 6.05. The number of nitrogens with one attached hydrogen (secondary N) is 2. The van der Waals surface area contributed by atoms with Crippen LogP contribution in [0.25, 0.3) is 10.9 Å². The number of hydrogen-bond donors (Lipinski definition) is 2. The number of aromatic amines is 1. The molecular formula is C25H28N4O4. The molecule has 0 aliphatic carbocycles. The number of benzene rings is 2. The highest BCUT2D eigenvalue weighted by molar-refractivity contribution is 6.04. The van der Waals surface area contributed by atoms with E-state index in [4.69, 9.17) is 4.74 Å². The van der Waals surface area contributed by atoms with Gasteiger partial charge in [-0.1, -0.05) is 36.4 Å². The maximum absolute atomic E-state index is 12.5. The maximum atomic E-state index is 12.5. The molecule has 8 heteroatoms. The molecule has 2 amide bonds. The molecule has 2 aromatic carbocycles. The summed E-state index contributed by atoms with van der Waals surface area (Å²) < 4.78 is 5.26. The van der Waals surface area contributed by atoms with Crippen molar-refractivity contribution in [1.29, 1.82) is 0 Å². The van der Waals surface area contributed by atoms with Gasteiger partial charge in [0.2, 0.25) is 5.91 Å². The van der Waals surface area contributed by atoms with Crippen LogP contribution in [0.1, 0.15) is 21.5 Å². The number of hydrogen-bond acceptors (Lipinski definition) is 5. The van der Waals surface area contributed by atoms with Gasteiger partial charge in [-0.05, 0) is 31.0 Å².